The second-order valence-electron chi connectivity index (χ2n) is 3.27. The van der Waals surface area contributed by atoms with Gasteiger partial charge in [-0.05, 0) is 6.42 Å². The first-order valence-electron chi connectivity index (χ1n) is 4.01. The molecule has 5 nitrogen and oxygen atoms in total. The molecule has 0 aromatic heterocycles. The third-order valence-corrected chi connectivity index (χ3v) is 3.56. The van der Waals surface area contributed by atoms with Gasteiger partial charge in [0.05, 0.1) is 6.26 Å². The Kier molecular flexibility index (Phi) is 2.92. The number of likely N-dealkylation sites (N-methyl/N-ethyl adjacent to an activating group) is 1. The van der Waals surface area contributed by atoms with Gasteiger partial charge in [0.25, 0.3) is 0 Å². The van der Waals surface area contributed by atoms with Crippen molar-refractivity contribution in [3.63, 3.8) is 0 Å². The number of hydrogen-bond acceptors (Lipinski definition) is 3. The molecule has 1 aliphatic heterocycles. The van der Waals surface area contributed by atoms with Crippen molar-refractivity contribution in [1.29, 1.82) is 0 Å². The maximum absolute atomic E-state index is 11.1. The van der Waals surface area contributed by atoms with Crippen LogP contribution in [0.1, 0.15) is 6.42 Å². The smallest absolute Gasteiger partial charge is 0.312 e. The van der Waals surface area contributed by atoms with Crippen LogP contribution < -0.4 is 0 Å². The third kappa shape index (κ3) is 2.41. The fourth-order valence-electron chi connectivity index (χ4n) is 1.40. The summed E-state index contributed by atoms with van der Waals surface area (Å²) in [7, 11) is -1.49. The maximum atomic E-state index is 11.1. The first-order chi connectivity index (χ1) is 5.95. The van der Waals surface area contributed by atoms with E-state index >= 15 is 0 Å². The van der Waals surface area contributed by atoms with Crippen LogP contribution in [-0.4, -0.2) is 56.5 Å². The molecule has 1 unspecified atom stereocenters. The molecular formula is C7H13N2O3S. The Hall–Kier alpha value is -0.620. The molecule has 1 rings (SSSR count). The average molecular weight is 205 g/mol. The maximum Gasteiger partial charge on any atom is 0.312 e. The van der Waals surface area contributed by atoms with Crippen molar-refractivity contribution in [1.82, 2.24) is 9.21 Å². The predicted octanol–water partition coefficient (Wildman–Crippen LogP) is -0.981. The zero-order valence-corrected chi connectivity index (χ0v) is 8.54. The van der Waals surface area contributed by atoms with Crippen LogP contribution in [0.15, 0.2) is 0 Å². The largest absolute Gasteiger partial charge is 0.333 e. The van der Waals surface area contributed by atoms with Gasteiger partial charge in [-0.25, -0.2) is 12.7 Å². The third-order valence-electron chi connectivity index (χ3n) is 2.29. The first-order valence-corrected chi connectivity index (χ1v) is 5.85. The van der Waals surface area contributed by atoms with Crippen molar-refractivity contribution in [3.8, 4) is 0 Å². The number of sulfonamides is 1. The number of nitrogens with zero attached hydrogens (tertiary/aromatic N) is 2. The Labute approximate surface area is 78.4 Å². The van der Waals surface area contributed by atoms with Gasteiger partial charge in [0.2, 0.25) is 10.0 Å². The van der Waals surface area contributed by atoms with Gasteiger partial charge in [-0.15, -0.1) is 0 Å². The van der Waals surface area contributed by atoms with Crippen molar-refractivity contribution in [2.45, 2.75) is 12.5 Å². The summed E-state index contributed by atoms with van der Waals surface area (Å²) in [6.45, 7) is 0.889. The van der Waals surface area contributed by atoms with E-state index < -0.39 is 10.0 Å². The Morgan fingerprint density at radius 2 is 2.15 bits per heavy atom. The molecule has 1 fully saturated rings. The zero-order chi connectivity index (χ0) is 10.1. The molecule has 6 heteroatoms. The summed E-state index contributed by atoms with van der Waals surface area (Å²) < 4.78 is 23.6. The normalized spacial score (nSPS) is 24.6. The Morgan fingerprint density at radius 3 is 2.54 bits per heavy atom. The van der Waals surface area contributed by atoms with Crippen LogP contribution in [0.25, 0.3) is 0 Å². The highest BCUT2D eigenvalue weighted by Crippen LogP contribution is 2.15. The predicted molar refractivity (Wildman–Crippen MR) is 48.3 cm³/mol. The van der Waals surface area contributed by atoms with Crippen LogP contribution in [0.3, 0.4) is 0 Å². The minimum Gasteiger partial charge on any atom is -0.333 e. The molecule has 0 N–H and O–H groups in total. The highest BCUT2D eigenvalue weighted by molar-refractivity contribution is 7.88. The molecular weight excluding hydrogens is 192 g/mol. The van der Waals surface area contributed by atoms with E-state index in [1.807, 2.05) is 0 Å². The summed E-state index contributed by atoms with van der Waals surface area (Å²) in [6.07, 6.45) is 3.61. The SMILES string of the molecule is CN([C]=O)C1CCN(S(C)(=O)=O)C1. The highest BCUT2D eigenvalue weighted by atomic mass is 32.2. The first kappa shape index (κ1) is 10.5. The van der Waals surface area contributed by atoms with Gasteiger partial charge in [0.15, 0.2) is 0 Å². The van der Waals surface area contributed by atoms with Crippen LogP contribution in [-0.2, 0) is 14.8 Å². The van der Waals surface area contributed by atoms with Crippen LogP contribution in [0.5, 0.6) is 0 Å². The average Bonchev–Trinajstić information content (AvgIpc) is 2.50. The number of rotatable bonds is 3. The van der Waals surface area contributed by atoms with E-state index in [1.165, 1.54) is 15.5 Å². The van der Waals surface area contributed by atoms with Gasteiger partial charge in [-0.2, -0.15) is 0 Å². The van der Waals surface area contributed by atoms with E-state index in [9.17, 15) is 13.2 Å². The van der Waals surface area contributed by atoms with Gasteiger partial charge >= 0.3 is 6.41 Å². The molecule has 1 radical (unpaired) electrons. The quantitative estimate of drug-likeness (QED) is 0.556. The van der Waals surface area contributed by atoms with Crippen molar-refractivity contribution < 1.29 is 13.2 Å². The lowest BCUT2D eigenvalue weighted by Gasteiger charge is -2.18. The molecule has 1 heterocycles. The van der Waals surface area contributed by atoms with Gasteiger partial charge in [-0.1, -0.05) is 0 Å². The van der Waals surface area contributed by atoms with Crippen LogP contribution in [0.4, 0.5) is 0 Å². The minimum absolute atomic E-state index is 0.0211. The Morgan fingerprint density at radius 1 is 1.54 bits per heavy atom. The Bertz CT molecular complexity index is 288. The summed E-state index contributed by atoms with van der Waals surface area (Å²) in [5.41, 5.74) is 0. The number of carbonyl (C=O) groups excluding carboxylic acids is 1. The lowest BCUT2D eigenvalue weighted by atomic mass is 10.2. The number of amides is 1. The second-order valence-corrected chi connectivity index (χ2v) is 5.25. The molecule has 1 amide bonds. The lowest BCUT2D eigenvalue weighted by Crippen LogP contribution is -2.35. The van der Waals surface area contributed by atoms with Crippen LogP contribution >= 0.6 is 0 Å². The second kappa shape index (κ2) is 3.63. The summed E-state index contributed by atoms with van der Waals surface area (Å²) in [4.78, 5) is 11.7. The van der Waals surface area contributed by atoms with Crippen molar-refractivity contribution in [2.75, 3.05) is 26.4 Å². The van der Waals surface area contributed by atoms with Gasteiger partial charge in [0, 0.05) is 26.2 Å². The monoisotopic (exact) mass is 205 g/mol. The van der Waals surface area contributed by atoms with Crippen LogP contribution in [0.2, 0.25) is 0 Å². The van der Waals surface area contributed by atoms with E-state index in [0.29, 0.717) is 19.5 Å². The molecule has 1 atom stereocenters. The molecule has 0 aromatic rings. The fourth-order valence-corrected chi connectivity index (χ4v) is 2.28. The molecule has 75 valence electrons. The lowest BCUT2D eigenvalue weighted by molar-refractivity contribution is 0.345. The van der Waals surface area contributed by atoms with E-state index in [4.69, 9.17) is 0 Å². The molecule has 0 spiro atoms. The van der Waals surface area contributed by atoms with E-state index in [-0.39, 0.29) is 6.04 Å². The van der Waals surface area contributed by atoms with E-state index in [2.05, 4.69) is 0 Å². The van der Waals surface area contributed by atoms with Gasteiger partial charge in [-0.3, -0.25) is 4.79 Å². The van der Waals surface area contributed by atoms with Crippen molar-refractivity contribution in [3.05, 3.63) is 0 Å². The standard InChI is InChI=1S/C7H13N2O3S/c1-8(6-10)7-3-4-9(5-7)13(2,11)12/h7H,3-5H2,1-2H3. The molecule has 0 aliphatic carbocycles. The topological polar surface area (TPSA) is 57.7 Å². The summed E-state index contributed by atoms with van der Waals surface area (Å²) >= 11 is 0. The van der Waals surface area contributed by atoms with Gasteiger partial charge in [0.1, 0.15) is 0 Å². The summed E-state index contributed by atoms with van der Waals surface area (Å²) in [5, 5.41) is 0. The highest BCUT2D eigenvalue weighted by Gasteiger charge is 2.30. The van der Waals surface area contributed by atoms with Crippen LogP contribution in [0, 0.1) is 0 Å². The molecule has 0 bridgehead atoms. The van der Waals surface area contributed by atoms with Crippen molar-refractivity contribution in [2.24, 2.45) is 0 Å². The summed E-state index contributed by atoms with van der Waals surface area (Å²) in [6, 6.07) is -0.0211. The zero-order valence-electron chi connectivity index (χ0n) is 7.73. The minimum atomic E-state index is -3.10. The molecule has 1 saturated heterocycles. The Balaban J connectivity index is 2.60. The fraction of sp³-hybridized carbons (Fsp3) is 0.857. The molecule has 1 aliphatic rings. The van der Waals surface area contributed by atoms with Crippen molar-refractivity contribution >= 4 is 16.4 Å². The molecule has 0 aromatic carbocycles. The summed E-state index contributed by atoms with van der Waals surface area (Å²) in [5.74, 6) is 0. The molecule has 0 saturated carbocycles. The van der Waals surface area contributed by atoms with E-state index in [0.717, 1.165) is 0 Å². The molecule has 13 heavy (non-hydrogen) atoms. The van der Waals surface area contributed by atoms with Gasteiger partial charge < -0.3 is 4.90 Å². The number of hydrogen-bond donors (Lipinski definition) is 0. The van der Waals surface area contributed by atoms with E-state index in [1.54, 1.807) is 13.5 Å².